The summed E-state index contributed by atoms with van der Waals surface area (Å²) in [6, 6.07) is -0.519. The Bertz CT molecular complexity index is 116. The van der Waals surface area contributed by atoms with Crippen molar-refractivity contribution in [2.24, 2.45) is 11.7 Å². The maximum absolute atomic E-state index is 11.0. The molecule has 10 heavy (non-hydrogen) atoms. The Hall–Kier alpha value is -0.0600. The Balaban J connectivity index is 3.71. The van der Waals surface area contributed by atoms with E-state index in [0.717, 1.165) is 0 Å². The number of Topliss-reactive ketones (excluding diaryl/α,β-unsaturated/α-hetero) is 1. The third-order valence-electron chi connectivity index (χ3n) is 1.19. The summed E-state index contributed by atoms with van der Waals surface area (Å²) in [5.41, 5.74) is 5.40. The third-order valence-corrected chi connectivity index (χ3v) is 1.70. The molecule has 0 spiro atoms. The van der Waals surface area contributed by atoms with Crippen molar-refractivity contribution in [1.82, 2.24) is 0 Å². The van der Waals surface area contributed by atoms with Crippen LogP contribution in [-0.4, -0.2) is 22.1 Å². The Morgan fingerprint density at radius 1 is 1.70 bits per heavy atom. The zero-order valence-electron chi connectivity index (χ0n) is 6.20. The Kier molecular flexibility index (Phi) is 4.68. The van der Waals surface area contributed by atoms with Crippen molar-refractivity contribution in [2.75, 3.05) is 5.75 Å². The van der Waals surface area contributed by atoms with Gasteiger partial charge in [-0.3, -0.25) is 4.79 Å². The average Bonchev–Trinajstić information content (AvgIpc) is 1.87. The summed E-state index contributed by atoms with van der Waals surface area (Å²) in [6.07, 6.45) is 0. The van der Waals surface area contributed by atoms with Crippen LogP contribution in [0.3, 0.4) is 0 Å². The van der Waals surface area contributed by atoms with Gasteiger partial charge in [0.2, 0.25) is 0 Å². The molecule has 3 nitrogen and oxygen atoms in total. The van der Waals surface area contributed by atoms with E-state index >= 15 is 0 Å². The van der Waals surface area contributed by atoms with Crippen LogP contribution in [0, 0.1) is 5.92 Å². The highest BCUT2D eigenvalue weighted by atomic mass is 32.2. The predicted octanol–water partition coefficient (Wildman–Crippen LogP) is 0.745. The lowest BCUT2D eigenvalue weighted by molar-refractivity contribution is -0.122. The maximum Gasteiger partial charge on any atom is 0.152 e. The number of nitrogens with two attached hydrogens (primary N) is 1. The molecule has 0 unspecified atom stereocenters. The standard InChI is InChI=1S/C6H13NO2S/c1-4(2)6(8)5(7)3-10-9/h4-5,9H,3,7H2,1-2H3/t5-/m0/s1. The number of rotatable bonds is 4. The normalized spacial score (nSPS) is 13.7. The zero-order valence-corrected chi connectivity index (χ0v) is 7.02. The van der Waals surface area contributed by atoms with Gasteiger partial charge in [-0.15, -0.1) is 0 Å². The molecule has 0 bridgehead atoms. The van der Waals surface area contributed by atoms with E-state index in [-0.39, 0.29) is 17.5 Å². The second kappa shape index (κ2) is 4.71. The van der Waals surface area contributed by atoms with E-state index in [0.29, 0.717) is 12.0 Å². The van der Waals surface area contributed by atoms with Gasteiger partial charge in [-0.05, 0) is 12.0 Å². The fraction of sp³-hybridized carbons (Fsp3) is 0.833. The predicted molar refractivity (Wildman–Crippen MR) is 42.9 cm³/mol. The molecule has 3 N–H and O–H groups in total. The van der Waals surface area contributed by atoms with Crippen LogP contribution >= 0.6 is 12.0 Å². The number of carbonyl (C=O) groups excluding carboxylic acids is 1. The average molecular weight is 163 g/mol. The Morgan fingerprint density at radius 2 is 2.20 bits per heavy atom. The summed E-state index contributed by atoms with van der Waals surface area (Å²) in [5.74, 6) is 0.250. The Labute approximate surface area is 65.2 Å². The molecule has 0 aliphatic carbocycles. The summed E-state index contributed by atoms with van der Waals surface area (Å²) in [5, 5.41) is 0. The summed E-state index contributed by atoms with van der Waals surface area (Å²) in [4.78, 5) is 11.0. The molecule has 0 aromatic rings. The van der Waals surface area contributed by atoms with E-state index in [1.807, 2.05) is 0 Å². The molecule has 0 saturated heterocycles. The molecule has 60 valence electrons. The number of ketones is 1. The first-order chi connectivity index (χ1) is 4.59. The van der Waals surface area contributed by atoms with Crippen LogP contribution in [0.5, 0.6) is 0 Å². The van der Waals surface area contributed by atoms with Crippen LogP contribution in [0.25, 0.3) is 0 Å². The fourth-order valence-corrected chi connectivity index (χ4v) is 0.915. The van der Waals surface area contributed by atoms with E-state index in [4.69, 9.17) is 10.3 Å². The van der Waals surface area contributed by atoms with Crippen LogP contribution in [0.1, 0.15) is 13.8 Å². The molecule has 1 atom stereocenters. The van der Waals surface area contributed by atoms with E-state index in [2.05, 4.69) is 0 Å². The Morgan fingerprint density at radius 3 is 2.50 bits per heavy atom. The number of hydrogen-bond acceptors (Lipinski definition) is 4. The molecule has 0 aliphatic heterocycles. The minimum atomic E-state index is -0.519. The van der Waals surface area contributed by atoms with Crippen LogP contribution in [0.2, 0.25) is 0 Å². The third kappa shape index (κ3) is 3.20. The molecule has 0 radical (unpaired) electrons. The monoisotopic (exact) mass is 163 g/mol. The molecule has 0 saturated carbocycles. The highest BCUT2D eigenvalue weighted by Crippen LogP contribution is 2.02. The minimum Gasteiger partial charge on any atom is -0.330 e. The lowest BCUT2D eigenvalue weighted by atomic mass is 10.0. The van der Waals surface area contributed by atoms with Crippen molar-refractivity contribution in [3.8, 4) is 0 Å². The van der Waals surface area contributed by atoms with E-state index in [1.54, 1.807) is 13.8 Å². The minimum absolute atomic E-state index is 0.00144. The van der Waals surface area contributed by atoms with Crippen molar-refractivity contribution in [3.05, 3.63) is 0 Å². The highest BCUT2D eigenvalue weighted by molar-refractivity contribution is 7.93. The van der Waals surface area contributed by atoms with Crippen LogP contribution in [0.15, 0.2) is 0 Å². The summed E-state index contributed by atoms with van der Waals surface area (Å²) >= 11 is 0.610. The molecule has 0 fully saturated rings. The largest absolute Gasteiger partial charge is 0.330 e. The quantitative estimate of drug-likeness (QED) is 0.600. The topological polar surface area (TPSA) is 63.3 Å². The lowest BCUT2D eigenvalue weighted by Crippen LogP contribution is -2.35. The van der Waals surface area contributed by atoms with Gasteiger partial charge in [-0.2, -0.15) is 0 Å². The summed E-state index contributed by atoms with van der Waals surface area (Å²) < 4.78 is 8.35. The molecule has 0 rings (SSSR count). The molecule has 0 aromatic carbocycles. The van der Waals surface area contributed by atoms with Gasteiger partial charge < -0.3 is 10.3 Å². The van der Waals surface area contributed by atoms with E-state index in [1.165, 1.54) is 0 Å². The molecule has 0 aromatic heterocycles. The fourth-order valence-electron chi connectivity index (χ4n) is 0.591. The summed E-state index contributed by atoms with van der Waals surface area (Å²) in [6.45, 7) is 3.59. The number of carbonyl (C=O) groups is 1. The first-order valence-corrected chi connectivity index (χ1v) is 4.09. The van der Waals surface area contributed by atoms with Gasteiger partial charge in [0.1, 0.15) is 0 Å². The van der Waals surface area contributed by atoms with Gasteiger partial charge in [0.15, 0.2) is 5.78 Å². The number of hydrogen-bond donors (Lipinski definition) is 2. The van der Waals surface area contributed by atoms with E-state index < -0.39 is 6.04 Å². The van der Waals surface area contributed by atoms with Gasteiger partial charge in [0.05, 0.1) is 6.04 Å². The second-order valence-electron chi connectivity index (χ2n) is 2.46. The molecule has 0 aliphatic rings. The van der Waals surface area contributed by atoms with Gasteiger partial charge in [0.25, 0.3) is 0 Å². The van der Waals surface area contributed by atoms with Crippen LogP contribution < -0.4 is 5.73 Å². The molecule has 0 amide bonds. The molecular formula is C6H13NO2S. The first-order valence-electron chi connectivity index (χ1n) is 3.15. The van der Waals surface area contributed by atoms with Gasteiger partial charge in [-0.1, -0.05) is 13.8 Å². The lowest BCUT2D eigenvalue weighted by Gasteiger charge is -2.09. The van der Waals surface area contributed by atoms with Gasteiger partial charge in [-0.25, -0.2) is 0 Å². The van der Waals surface area contributed by atoms with Crippen molar-refractivity contribution in [3.63, 3.8) is 0 Å². The molecule has 0 heterocycles. The first kappa shape index (κ1) is 9.94. The molecular weight excluding hydrogens is 150 g/mol. The molecule has 4 heteroatoms. The van der Waals surface area contributed by atoms with Gasteiger partial charge >= 0.3 is 0 Å². The van der Waals surface area contributed by atoms with Crippen molar-refractivity contribution in [2.45, 2.75) is 19.9 Å². The van der Waals surface area contributed by atoms with E-state index in [9.17, 15) is 4.79 Å². The zero-order chi connectivity index (χ0) is 8.15. The van der Waals surface area contributed by atoms with Crippen molar-refractivity contribution in [1.29, 1.82) is 0 Å². The smallest absolute Gasteiger partial charge is 0.152 e. The van der Waals surface area contributed by atoms with Crippen LogP contribution in [0.4, 0.5) is 0 Å². The maximum atomic E-state index is 11.0. The second-order valence-corrected chi connectivity index (χ2v) is 3.05. The van der Waals surface area contributed by atoms with Crippen molar-refractivity contribution < 1.29 is 9.35 Å². The summed E-state index contributed by atoms with van der Waals surface area (Å²) in [7, 11) is 0. The van der Waals surface area contributed by atoms with Crippen molar-refractivity contribution >= 4 is 17.8 Å². The van der Waals surface area contributed by atoms with Crippen LogP contribution in [-0.2, 0) is 4.79 Å². The SMILES string of the molecule is CC(C)C(=O)[C@@H](N)CSO. The highest BCUT2D eigenvalue weighted by Gasteiger charge is 2.15. The van der Waals surface area contributed by atoms with Gasteiger partial charge in [0, 0.05) is 11.7 Å².